The molecule has 14 rings (SSSR count). The van der Waals surface area contributed by atoms with Crippen molar-refractivity contribution in [1.82, 2.24) is 0 Å². The second-order valence-electron chi connectivity index (χ2n) is 19.9. The van der Waals surface area contributed by atoms with Gasteiger partial charge in [0.2, 0.25) is 0 Å². The fraction of sp³-hybridized carbons (Fsp3) is 0. The van der Waals surface area contributed by atoms with Crippen LogP contribution in [0.1, 0.15) is 0 Å². The zero-order chi connectivity index (χ0) is 51.1. The fourth-order valence-electron chi connectivity index (χ4n) is 12.0. The molecule has 3 heteroatoms. The fourth-order valence-corrected chi connectivity index (χ4v) is 16.7. The smallest absolute Gasteiger partial charge is 0.179 e. The van der Waals surface area contributed by atoms with E-state index in [2.05, 4.69) is 314 Å². The van der Waals surface area contributed by atoms with Gasteiger partial charge in [-0.15, -0.1) is 0 Å². The predicted molar refractivity (Wildman–Crippen MR) is 329 cm³/mol. The molecule has 77 heavy (non-hydrogen) atoms. The highest BCUT2D eigenvalue weighted by atomic mass is 28.3. The van der Waals surface area contributed by atoms with Crippen LogP contribution in [0.5, 0.6) is 0 Å². The SMILES string of the molecule is c1ccc(-c2oc3c4ccccc4c4ccc(-c5ccc(N(c6ccc(-c7ccc8ccccc8c7)cc6)c6ccc([Si](c7ccccc7)(c7ccccc7)c7ccccc7)cc6)cc5)cc4c3c2-c2ccccc2)cc1. The first-order valence-corrected chi connectivity index (χ1v) is 28.5. The maximum absolute atomic E-state index is 7.07. The molecule has 362 valence electrons. The Morgan fingerprint density at radius 2 is 0.662 bits per heavy atom. The van der Waals surface area contributed by atoms with Crippen molar-refractivity contribution in [1.29, 1.82) is 0 Å². The van der Waals surface area contributed by atoms with Gasteiger partial charge in [0.1, 0.15) is 11.3 Å². The summed E-state index contributed by atoms with van der Waals surface area (Å²) >= 11 is 0. The highest BCUT2D eigenvalue weighted by Crippen LogP contribution is 2.48. The molecule has 2 nitrogen and oxygen atoms in total. The van der Waals surface area contributed by atoms with E-state index in [4.69, 9.17) is 4.42 Å². The topological polar surface area (TPSA) is 16.4 Å². The Morgan fingerprint density at radius 1 is 0.260 bits per heavy atom. The third kappa shape index (κ3) is 8.04. The standard InChI is InChI=1S/C74H51NOSi/c1-6-21-55(22-7-1)71-72-70-51-59(40-49-68(70)67-32-18-19-33-69(67)74(72)76-73(71)56-23-8-2-9-24-56)54-38-43-61(44-39-54)75(60-41-36-53(37-42-60)58-35-34-52-20-16-17-25-57(52)50-58)62-45-47-66(48-46-62)77(63-26-10-3-11-27-63,64-28-12-4-13-29-64)65-30-14-5-15-31-65/h1-51H. The Balaban J connectivity index is 0.911. The van der Waals surface area contributed by atoms with Crippen molar-refractivity contribution in [2.45, 2.75) is 0 Å². The first-order valence-electron chi connectivity index (χ1n) is 26.5. The van der Waals surface area contributed by atoms with Crippen LogP contribution in [-0.2, 0) is 0 Å². The molecule has 1 heterocycles. The summed E-state index contributed by atoms with van der Waals surface area (Å²) in [6, 6.07) is 113. The molecule has 0 saturated carbocycles. The highest BCUT2D eigenvalue weighted by Gasteiger charge is 2.41. The maximum atomic E-state index is 7.07. The van der Waals surface area contributed by atoms with E-state index < -0.39 is 8.07 Å². The van der Waals surface area contributed by atoms with Crippen molar-refractivity contribution in [2.75, 3.05) is 4.90 Å². The first-order chi connectivity index (χ1) is 38.2. The molecule has 0 unspecified atom stereocenters. The monoisotopic (exact) mass is 997 g/mol. The molecule has 0 radical (unpaired) electrons. The molecule has 13 aromatic carbocycles. The van der Waals surface area contributed by atoms with Gasteiger partial charge in [0, 0.05) is 39.0 Å². The Morgan fingerprint density at radius 3 is 1.22 bits per heavy atom. The molecular weight excluding hydrogens is 947 g/mol. The summed E-state index contributed by atoms with van der Waals surface area (Å²) in [5.74, 6) is 0.880. The molecule has 0 bridgehead atoms. The maximum Gasteiger partial charge on any atom is 0.179 e. The molecule has 0 N–H and O–H groups in total. The zero-order valence-corrected chi connectivity index (χ0v) is 43.3. The van der Waals surface area contributed by atoms with Crippen molar-refractivity contribution < 1.29 is 4.42 Å². The molecule has 0 aliphatic heterocycles. The van der Waals surface area contributed by atoms with Crippen molar-refractivity contribution >= 4 is 89.2 Å². The second kappa shape index (κ2) is 19.5. The molecule has 14 aromatic rings. The minimum atomic E-state index is -2.74. The van der Waals surface area contributed by atoms with Crippen LogP contribution < -0.4 is 25.6 Å². The Hall–Kier alpha value is -9.80. The van der Waals surface area contributed by atoms with Gasteiger partial charge in [-0.3, -0.25) is 0 Å². The van der Waals surface area contributed by atoms with Crippen LogP contribution in [0.2, 0.25) is 0 Å². The number of benzene rings is 13. The Labute approximate surface area is 450 Å². The zero-order valence-electron chi connectivity index (χ0n) is 42.3. The van der Waals surface area contributed by atoms with Crippen molar-refractivity contribution in [3.05, 3.63) is 309 Å². The van der Waals surface area contributed by atoms with Gasteiger partial charge in [-0.1, -0.05) is 261 Å². The average Bonchev–Trinajstić information content (AvgIpc) is 3.96. The lowest BCUT2D eigenvalue weighted by molar-refractivity contribution is 0.636. The van der Waals surface area contributed by atoms with E-state index in [-0.39, 0.29) is 0 Å². The molecule has 0 spiro atoms. The molecule has 0 amide bonds. The number of anilines is 3. The van der Waals surface area contributed by atoms with Crippen LogP contribution in [0.3, 0.4) is 0 Å². The van der Waals surface area contributed by atoms with Gasteiger partial charge in [-0.2, -0.15) is 0 Å². The van der Waals surface area contributed by atoms with Gasteiger partial charge < -0.3 is 9.32 Å². The van der Waals surface area contributed by atoms with Gasteiger partial charge in [0.15, 0.2) is 8.07 Å². The van der Waals surface area contributed by atoms with Gasteiger partial charge in [-0.05, 0) is 124 Å². The Bertz CT molecular complexity index is 4290. The molecule has 0 aliphatic carbocycles. The first kappa shape index (κ1) is 45.8. The summed E-state index contributed by atoms with van der Waals surface area (Å²) in [7, 11) is -2.74. The van der Waals surface area contributed by atoms with Crippen molar-refractivity contribution in [3.8, 4) is 44.7 Å². The number of hydrogen-bond donors (Lipinski definition) is 0. The van der Waals surface area contributed by atoms with Gasteiger partial charge in [-0.25, -0.2) is 0 Å². The van der Waals surface area contributed by atoms with Crippen LogP contribution >= 0.6 is 0 Å². The van der Waals surface area contributed by atoms with E-state index >= 15 is 0 Å². The van der Waals surface area contributed by atoms with Gasteiger partial charge in [0.25, 0.3) is 0 Å². The minimum absolute atomic E-state index is 0.880. The summed E-state index contributed by atoms with van der Waals surface area (Å²) < 4.78 is 7.07. The van der Waals surface area contributed by atoms with E-state index in [1.165, 1.54) is 58.8 Å². The minimum Gasteiger partial charge on any atom is -0.455 e. The Kier molecular flexibility index (Phi) is 11.6. The number of furan rings is 1. The lowest BCUT2D eigenvalue weighted by Crippen LogP contribution is -2.74. The summed E-state index contributed by atoms with van der Waals surface area (Å²) in [4.78, 5) is 2.40. The number of fused-ring (bicyclic) bond motifs is 7. The predicted octanol–water partition coefficient (Wildman–Crippen LogP) is 17.4. The van der Waals surface area contributed by atoms with Crippen molar-refractivity contribution in [2.24, 2.45) is 0 Å². The van der Waals surface area contributed by atoms with E-state index in [0.717, 1.165) is 67.0 Å². The van der Waals surface area contributed by atoms with E-state index in [0.29, 0.717) is 0 Å². The van der Waals surface area contributed by atoms with Crippen LogP contribution in [0.15, 0.2) is 314 Å². The normalized spacial score (nSPS) is 11.6. The van der Waals surface area contributed by atoms with Gasteiger partial charge in [0.05, 0.1) is 0 Å². The summed E-state index contributed by atoms with van der Waals surface area (Å²) in [5.41, 5.74) is 12.1. The summed E-state index contributed by atoms with van der Waals surface area (Å²) in [5, 5.41) is 13.6. The number of rotatable bonds is 11. The van der Waals surface area contributed by atoms with E-state index in [1.54, 1.807) is 0 Å². The average molecular weight is 998 g/mol. The number of nitrogens with zero attached hydrogens (tertiary/aromatic N) is 1. The summed E-state index contributed by atoms with van der Waals surface area (Å²) in [6.45, 7) is 0. The second-order valence-corrected chi connectivity index (χ2v) is 23.7. The lowest BCUT2D eigenvalue weighted by Gasteiger charge is -2.35. The van der Waals surface area contributed by atoms with Crippen molar-refractivity contribution in [3.63, 3.8) is 0 Å². The van der Waals surface area contributed by atoms with Crippen LogP contribution in [-0.4, -0.2) is 8.07 Å². The summed E-state index contributed by atoms with van der Waals surface area (Å²) in [6.07, 6.45) is 0. The molecule has 1 aromatic heterocycles. The lowest BCUT2D eigenvalue weighted by atomic mass is 9.90. The number of hydrogen-bond acceptors (Lipinski definition) is 2. The van der Waals surface area contributed by atoms with E-state index in [9.17, 15) is 0 Å². The van der Waals surface area contributed by atoms with Crippen LogP contribution in [0.25, 0.3) is 88.0 Å². The van der Waals surface area contributed by atoms with Crippen LogP contribution in [0, 0.1) is 0 Å². The van der Waals surface area contributed by atoms with Crippen LogP contribution in [0.4, 0.5) is 17.1 Å². The largest absolute Gasteiger partial charge is 0.455 e. The molecule has 0 fully saturated rings. The van der Waals surface area contributed by atoms with Gasteiger partial charge >= 0.3 is 0 Å². The third-order valence-corrected chi connectivity index (χ3v) is 20.4. The molecule has 0 saturated heterocycles. The third-order valence-electron chi connectivity index (χ3n) is 15.6. The highest BCUT2D eigenvalue weighted by molar-refractivity contribution is 7.19. The molecule has 0 atom stereocenters. The molecule has 0 aliphatic rings. The van der Waals surface area contributed by atoms with E-state index in [1.807, 2.05) is 0 Å². The molecular formula is C74H51NOSi. The quantitative estimate of drug-likeness (QED) is 0.0729.